The summed E-state index contributed by atoms with van der Waals surface area (Å²) in [7, 11) is 2.78. The summed E-state index contributed by atoms with van der Waals surface area (Å²) in [5, 5.41) is 4.31. The summed E-state index contributed by atoms with van der Waals surface area (Å²) in [6, 6.07) is 6.15. The van der Waals surface area contributed by atoms with Gasteiger partial charge in [0.2, 0.25) is 5.91 Å². The largest absolute Gasteiger partial charge is 0.416 e. The van der Waals surface area contributed by atoms with Crippen LogP contribution in [0, 0.1) is 0 Å². The van der Waals surface area contributed by atoms with Gasteiger partial charge in [-0.1, -0.05) is 29.4 Å². The Kier molecular flexibility index (Phi) is 6.75. The molecule has 0 aliphatic heterocycles. The van der Waals surface area contributed by atoms with Crippen LogP contribution in [0.4, 0.5) is 18.9 Å². The maximum atomic E-state index is 13.0. The molecule has 4 rings (SSSR count). The second kappa shape index (κ2) is 9.47. The van der Waals surface area contributed by atoms with Crippen molar-refractivity contribution in [2.75, 3.05) is 11.1 Å². The second-order valence-electron chi connectivity index (χ2n) is 7.26. The Morgan fingerprint density at radius 3 is 2.57 bits per heavy atom. The van der Waals surface area contributed by atoms with Crippen LogP contribution in [0.15, 0.2) is 50.3 Å². The SMILES string of the molecule is Cn1c(=O)c2c(SCC(=O)Nc3cc(C(F)(F)F)ccc3Cl)nc(-c3cccs3)nc2n(C)c1=O. The molecule has 1 N–H and O–H groups in total. The minimum absolute atomic E-state index is 0.0461. The molecule has 14 heteroatoms. The third-order valence-electron chi connectivity index (χ3n) is 4.92. The molecule has 1 aromatic carbocycles. The first-order valence-corrected chi connectivity index (χ1v) is 12.0. The van der Waals surface area contributed by atoms with Gasteiger partial charge in [0.15, 0.2) is 11.5 Å². The van der Waals surface area contributed by atoms with Crippen LogP contribution < -0.4 is 16.6 Å². The minimum Gasteiger partial charge on any atom is -0.324 e. The van der Waals surface area contributed by atoms with Gasteiger partial charge in [0.25, 0.3) is 5.56 Å². The van der Waals surface area contributed by atoms with E-state index >= 15 is 0 Å². The van der Waals surface area contributed by atoms with Crippen molar-refractivity contribution in [3.8, 4) is 10.7 Å². The van der Waals surface area contributed by atoms with E-state index in [0.717, 1.165) is 34.5 Å². The number of aromatic nitrogens is 4. The fourth-order valence-corrected chi connectivity index (χ4v) is 4.80. The molecule has 0 atom stereocenters. The first-order valence-electron chi connectivity index (χ1n) is 9.78. The van der Waals surface area contributed by atoms with Gasteiger partial charge in [-0.25, -0.2) is 14.8 Å². The number of anilines is 1. The lowest BCUT2D eigenvalue weighted by atomic mass is 10.2. The number of thiophene rings is 1. The third-order valence-corrected chi connectivity index (χ3v) is 7.09. The quantitative estimate of drug-likeness (QED) is 0.301. The maximum absolute atomic E-state index is 13.0. The molecule has 0 bridgehead atoms. The Morgan fingerprint density at radius 1 is 1.17 bits per heavy atom. The van der Waals surface area contributed by atoms with Crippen LogP contribution in [0.25, 0.3) is 21.7 Å². The Morgan fingerprint density at radius 2 is 1.91 bits per heavy atom. The highest BCUT2D eigenvalue weighted by Crippen LogP contribution is 2.34. The standard InChI is InChI=1S/C21H15ClF3N5O3S2/c1-29-17-15(19(32)30(2)20(29)33)18(28-16(27-17)13-4-3-7-34-13)35-9-14(31)26-12-8-10(21(23,24)25)5-6-11(12)22/h3-8H,9H2,1-2H3,(H,26,31). The number of nitrogens with one attached hydrogen (secondary N) is 1. The van der Waals surface area contributed by atoms with E-state index in [4.69, 9.17) is 11.6 Å². The predicted molar refractivity (Wildman–Crippen MR) is 129 cm³/mol. The van der Waals surface area contributed by atoms with Crippen LogP contribution in [-0.2, 0) is 25.1 Å². The number of fused-ring (bicyclic) bond motifs is 1. The Bertz CT molecular complexity index is 1570. The normalized spacial score (nSPS) is 11.7. The van der Waals surface area contributed by atoms with E-state index in [1.807, 2.05) is 5.38 Å². The summed E-state index contributed by atoms with van der Waals surface area (Å²) in [6.45, 7) is 0. The van der Waals surface area contributed by atoms with Crippen LogP contribution >= 0.6 is 34.7 Å². The van der Waals surface area contributed by atoms with Gasteiger partial charge in [-0.2, -0.15) is 13.2 Å². The van der Waals surface area contributed by atoms with Crippen molar-refractivity contribution in [3.05, 3.63) is 67.1 Å². The number of hydrogen-bond donors (Lipinski definition) is 1. The summed E-state index contributed by atoms with van der Waals surface area (Å²) in [5.74, 6) is -0.698. The molecule has 1 amide bonds. The maximum Gasteiger partial charge on any atom is 0.416 e. The van der Waals surface area contributed by atoms with Gasteiger partial charge in [-0.05, 0) is 29.6 Å². The van der Waals surface area contributed by atoms with Gasteiger partial charge >= 0.3 is 11.9 Å². The van der Waals surface area contributed by atoms with E-state index in [9.17, 15) is 27.6 Å². The van der Waals surface area contributed by atoms with E-state index < -0.39 is 28.9 Å². The summed E-state index contributed by atoms with van der Waals surface area (Å²) in [5.41, 5.74) is -2.27. The minimum atomic E-state index is -4.60. The smallest absolute Gasteiger partial charge is 0.324 e. The zero-order valence-corrected chi connectivity index (χ0v) is 20.4. The van der Waals surface area contributed by atoms with Crippen molar-refractivity contribution < 1.29 is 18.0 Å². The number of benzene rings is 1. The van der Waals surface area contributed by atoms with Crippen molar-refractivity contribution in [1.29, 1.82) is 0 Å². The van der Waals surface area contributed by atoms with Crippen molar-refractivity contribution in [2.24, 2.45) is 14.1 Å². The summed E-state index contributed by atoms with van der Waals surface area (Å²) in [6.07, 6.45) is -4.60. The number of halogens is 4. The summed E-state index contributed by atoms with van der Waals surface area (Å²) in [4.78, 5) is 47.4. The zero-order valence-electron chi connectivity index (χ0n) is 18.0. The average Bonchev–Trinajstić information content (AvgIpc) is 3.35. The first-order chi connectivity index (χ1) is 16.5. The number of hydrogen-bond acceptors (Lipinski definition) is 7. The number of amides is 1. The summed E-state index contributed by atoms with van der Waals surface area (Å²) >= 11 is 8.19. The molecule has 3 heterocycles. The van der Waals surface area contributed by atoms with Crippen molar-refractivity contribution in [1.82, 2.24) is 19.1 Å². The van der Waals surface area contributed by atoms with Gasteiger partial charge in [-0.3, -0.25) is 18.7 Å². The third kappa shape index (κ3) is 4.97. The second-order valence-corrected chi connectivity index (χ2v) is 9.58. The topological polar surface area (TPSA) is 98.9 Å². The highest BCUT2D eigenvalue weighted by molar-refractivity contribution is 8.00. The van der Waals surface area contributed by atoms with E-state index in [2.05, 4.69) is 15.3 Å². The van der Waals surface area contributed by atoms with Gasteiger partial charge in [-0.15, -0.1) is 11.3 Å². The lowest BCUT2D eigenvalue weighted by Crippen LogP contribution is -2.37. The fraction of sp³-hybridized carbons (Fsp3) is 0.190. The molecule has 0 aliphatic carbocycles. The zero-order chi connectivity index (χ0) is 25.5. The molecule has 35 heavy (non-hydrogen) atoms. The number of aryl methyl sites for hydroxylation is 1. The number of rotatable bonds is 5. The van der Waals surface area contributed by atoms with Crippen molar-refractivity contribution >= 4 is 57.3 Å². The highest BCUT2D eigenvalue weighted by Gasteiger charge is 2.31. The van der Waals surface area contributed by atoms with Gasteiger partial charge in [0, 0.05) is 14.1 Å². The molecule has 3 aromatic heterocycles. The molecule has 8 nitrogen and oxygen atoms in total. The molecule has 4 aromatic rings. The van der Waals surface area contributed by atoms with Crippen LogP contribution in [-0.4, -0.2) is 30.8 Å². The number of alkyl halides is 3. The molecular weight excluding hydrogens is 527 g/mol. The van der Waals surface area contributed by atoms with Crippen LogP contribution in [0.3, 0.4) is 0 Å². The number of thioether (sulfide) groups is 1. The molecule has 0 unspecified atom stereocenters. The lowest BCUT2D eigenvalue weighted by Gasteiger charge is -2.13. The van der Waals surface area contributed by atoms with Crippen LogP contribution in [0.2, 0.25) is 5.02 Å². The van der Waals surface area contributed by atoms with E-state index in [1.165, 1.54) is 30.0 Å². The Balaban J connectivity index is 1.70. The van der Waals surface area contributed by atoms with Crippen LogP contribution in [0.1, 0.15) is 5.56 Å². The fourth-order valence-electron chi connectivity index (χ4n) is 3.17. The van der Waals surface area contributed by atoms with E-state index in [1.54, 1.807) is 12.1 Å². The molecule has 0 spiro atoms. The van der Waals surface area contributed by atoms with Crippen molar-refractivity contribution in [2.45, 2.75) is 11.2 Å². The lowest BCUT2D eigenvalue weighted by molar-refractivity contribution is -0.137. The van der Waals surface area contributed by atoms with Gasteiger partial charge in [0.05, 0.1) is 26.9 Å². The Hall–Kier alpha value is -3.16. The molecule has 0 aliphatic rings. The van der Waals surface area contributed by atoms with Crippen LogP contribution in [0.5, 0.6) is 0 Å². The number of carbonyl (C=O) groups is 1. The average molecular weight is 542 g/mol. The number of nitrogens with zero attached hydrogens (tertiary/aromatic N) is 4. The molecule has 0 saturated heterocycles. The molecule has 0 radical (unpaired) electrons. The highest BCUT2D eigenvalue weighted by atomic mass is 35.5. The molecule has 0 fully saturated rings. The van der Waals surface area contributed by atoms with E-state index in [-0.39, 0.29) is 38.3 Å². The predicted octanol–water partition coefficient (Wildman–Crippen LogP) is 4.16. The van der Waals surface area contributed by atoms with Crippen molar-refractivity contribution in [3.63, 3.8) is 0 Å². The monoisotopic (exact) mass is 541 g/mol. The molecule has 182 valence electrons. The Labute approximate surface area is 208 Å². The first kappa shape index (κ1) is 24.9. The van der Waals surface area contributed by atoms with Gasteiger partial charge < -0.3 is 5.32 Å². The van der Waals surface area contributed by atoms with E-state index in [0.29, 0.717) is 4.88 Å². The molecular formula is C21H15ClF3N5O3S2. The number of carbonyl (C=O) groups excluding carboxylic acids is 1. The van der Waals surface area contributed by atoms with Gasteiger partial charge in [0.1, 0.15) is 10.4 Å². The molecule has 0 saturated carbocycles. The summed E-state index contributed by atoms with van der Waals surface area (Å²) < 4.78 is 41.2.